The second-order valence-corrected chi connectivity index (χ2v) is 6.96. The Kier molecular flexibility index (Phi) is 3.98. The third kappa shape index (κ3) is 3.23. The number of hydrogen-bond acceptors (Lipinski definition) is 5. The molecular weight excluding hydrogens is 274 g/mol. The van der Waals surface area contributed by atoms with Crippen molar-refractivity contribution in [2.24, 2.45) is 0 Å². The number of aromatic nitrogens is 1. The fourth-order valence-corrected chi connectivity index (χ4v) is 4.22. The number of nitrogens with zero attached hydrogens (tertiary/aromatic N) is 2. The van der Waals surface area contributed by atoms with E-state index in [2.05, 4.69) is 46.3 Å². The Morgan fingerprint density at radius 3 is 2.79 bits per heavy atom. The van der Waals surface area contributed by atoms with Crippen molar-refractivity contribution >= 4 is 22.7 Å². The lowest BCUT2D eigenvalue weighted by molar-refractivity contribution is 0.165. The minimum atomic E-state index is 0.568. The summed E-state index contributed by atoms with van der Waals surface area (Å²) in [7, 11) is 0. The van der Waals surface area contributed by atoms with Crippen LogP contribution in [-0.2, 0) is 6.54 Å². The van der Waals surface area contributed by atoms with Gasteiger partial charge in [0.05, 0.1) is 5.69 Å². The van der Waals surface area contributed by atoms with Crippen LogP contribution in [-0.4, -0.2) is 35.1 Å². The highest BCUT2D eigenvalue weighted by Crippen LogP contribution is 2.26. The summed E-state index contributed by atoms with van der Waals surface area (Å²) in [6.45, 7) is 7.68. The molecule has 0 amide bonds. The summed E-state index contributed by atoms with van der Waals surface area (Å²) in [5.41, 5.74) is 2.45. The van der Waals surface area contributed by atoms with Gasteiger partial charge in [-0.15, -0.1) is 11.3 Å². The number of thiophene rings is 1. The fraction of sp³-hybridized carbons (Fsp3) is 0.500. The Labute approximate surface area is 122 Å². The first-order chi connectivity index (χ1) is 9.20. The van der Waals surface area contributed by atoms with Gasteiger partial charge in [0.2, 0.25) is 0 Å². The molecule has 1 N–H and O–H groups in total. The van der Waals surface area contributed by atoms with Gasteiger partial charge in [0.25, 0.3) is 0 Å². The molecule has 102 valence electrons. The molecule has 3 rings (SSSR count). The zero-order valence-electron chi connectivity index (χ0n) is 11.3. The monoisotopic (exact) mass is 293 g/mol. The molecule has 2 aromatic rings. The fourth-order valence-electron chi connectivity index (χ4n) is 2.70. The molecule has 1 aliphatic heterocycles. The van der Waals surface area contributed by atoms with Crippen LogP contribution in [0.25, 0.3) is 10.6 Å². The van der Waals surface area contributed by atoms with E-state index >= 15 is 0 Å². The Hall–Kier alpha value is -0.750. The third-order valence-electron chi connectivity index (χ3n) is 3.34. The lowest BCUT2D eigenvalue weighted by Gasteiger charge is -2.35. The maximum absolute atomic E-state index is 4.76. The number of thiazole rings is 1. The summed E-state index contributed by atoms with van der Waals surface area (Å²) >= 11 is 3.48. The first-order valence-corrected chi connectivity index (χ1v) is 8.48. The van der Waals surface area contributed by atoms with Crippen molar-refractivity contribution in [3.63, 3.8) is 0 Å². The number of nitrogens with one attached hydrogen (secondary N) is 1. The molecular formula is C14H19N3S2. The van der Waals surface area contributed by atoms with E-state index < -0.39 is 0 Å². The van der Waals surface area contributed by atoms with Crippen molar-refractivity contribution in [2.45, 2.75) is 32.5 Å². The molecule has 2 atom stereocenters. The van der Waals surface area contributed by atoms with Gasteiger partial charge in [-0.2, -0.15) is 11.3 Å². The van der Waals surface area contributed by atoms with Crippen LogP contribution in [0, 0.1) is 0 Å². The molecule has 1 saturated heterocycles. The van der Waals surface area contributed by atoms with Gasteiger partial charge in [-0.1, -0.05) is 0 Å². The lowest BCUT2D eigenvalue weighted by Crippen LogP contribution is -2.53. The Balaban J connectivity index is 1.67. The van der Waals surface area contributed by atoms with Crippen molar-refractivity contribution in [3.05, 3.63) is 27.9 Å². The van der Waals surface area contributed by atoms with Gasteiger partial charge in [-0.25, -0.2) is 4.98 Å². The maximum atomic E-state index is 4.76. The van der Waals surface area contributed by atoms with E-state index in [1.165, 1.54) is 11.3 Å². The average molecular weight is 293 g/mol. The molecule has 0 radical (unpaired) electrons. The summed E-state index contributed by atoms with van der Waals surface area (Å²) in [6.07, 6.45) is 0. The Morgan fingerprint density at radius 2 is 2.11 bits per heavy atom. The first-order valence-electron chi connectivity index (χ1n) is 6.66. The van der Waals surface area contributed by atoms with Crippen molar-refractivity contribution in [1.29, 1.82) is 0 Å². The van der Waals surface area contributed by atoms with Gasteiger partial charge >= 0.3 is 0 Å². The van der Waals surface area contributed by atoms with Crippen LogP contribution in [0.15, 0.2) is 22.2 Å². The van der Waals surface area contributed by atoms with E-state index in [0.717, 1.165) is 24.6 Å². The van der Waals surface area contributed by atoms with E-state index in [9.17, 15) is 0 Å². The largest absolute Gasteiger partial charge is 0.309 e. The summed E-state index contributed by atoms with van der Waals surface area (Å²) in [4.78, 5) is 7.26. The molecule has 1 fully saturated rings. The molecule has 0 bridgehead atoms. The van der Waals surface area contributed by atoms with Crippen LogP contribution in [0.5, 0.6) is 0 Å². The standard InChI is InChI=1S/C14H19N3S2/c1-10-5-17(6-11(2)15-10)7-13-9-19-14(16-13)12-3-4-18-8-12/h3-4,8-11,15H,5-7H2,1-2H3. The third-order valence-corrected chi connectivity index (χ3v) is 4.96. The highest BCUT2D eigenvalue weighted by atomic mass is 32.1. The number of rotatable bonds is 3. The lowest BCUT2D eigenvalue weighted by atomic mass is 10.1. The van der Waals surface area contributed by atoms with Crippen LogP contribution >= 0.6 is 22.7 Å². The summed E-state index contributed by atoms with van der Waals surface area (Å²) in [6, 6.07) is 3.28. The van der Waals surface area contributed by atoms with E-state index in [4.69, 9.17) is 4.98 Å². The van der Waals surface area contributed by atoms with Gasteiger partial charge in [-0.05, 0) is 25.3 Å². The predicted molar refractivity (Wildman–Crippen MR) is 82.8 cm³/mol. The molecule has 19 heavy (non-hydrogen) atoms. The van der Waals surface area contributed by atoms with Gasteiger partial charge in [0, 0.05) is 48.0 Å². The molecule has 2 aromatic heterocycles. The van der Waals surface area contributed by atoms with Crippen LogP contribution in [0.3, 0.4) is 0 Å². The molecule has 5 heteroatoms. The second kappa shape index (κ2) is 5.71. The van der Waals surface area contributed by atoms with Crippen LogP contribution in [0.2, 0.25) is 0 Å². The first kappa shape index (κ1) is 13.2. The maximum Gasteiger partial charge on any atom is 0.124 e. The van der Waals surface area contributed by atoms with Gasteiger partial charge in [0.1, 0.15) is 5.01 Å². The van der Waals surface area contributed by atoms with Gasteiger partial charge < -0.3 is 5.32 Å². The zero-order valence-corrected chi connectivity index (χ0v) is 12.9. The minimum Gasteiger partial charge on any atom is -0.309 e. The van der Waals surface area contributed by atoms with E-state index in [-0.39, 0.29) is 0 Å². The molecule has 3 nitrogen and oxygen atoms in total. The van der Waals surface area contributed by atoms with Crippen LogP contribution < -0.4 is 5.32 Å². The molecule has 1 aliphatic rings. The normalized spacial score (nSPS) is 24.7. The molecule has 2 unspecified atom stereocenters. The number of piperazine rings is 1. The SMILES string of the molecule is CC1CN(Cc2csc(-c3ccsc3)n2)CC(C)N1. The minimum absolute atomic E-state index is 0.568. The summed E-state index contributed by atoms with van der Waals surface area (Å²) < 4.78 is 0. The highest BCUT2D eigenvalue weighted by molar-refractivity contribution is 7.14. The molecule has 0 aromatic carbocycles. The average Bonchev–Trinajstić information content (AvgIpc) is 2.96. The molecule has 0 saturated carbocycles. The van der Waals surface area contributed by atoms with E-state index in [1.54, 1.807) is 22.7 Å². The van der Waals surface area contributed by atoms with Crippen molar-refractivity contribution < 1.29 is 0 Å². The van der Waals surface area contributed by atoms with Gasteiger partial charge in [-0.3, -0.25) is 4.90 Å². The quantitative estimate of drug-likeness (QED) is 0.943. The van der Waals surface area contributed by atoms with Crippen LogP contribution in [0.1, 0.15) is 19.5 Å². The Morgan fingerprint density at radius 1 is 1.32 bits per heavy atom. The molecule has 0 spiro atoms. The van der Waals surface area contributed by atoms with Crippen molar-refractivity contribution in [2.75, 3.05) is 13.1 Å². The van der Waals surface area contributed by atoms with Crippen LogP contribution in [0.4, 0.5) is 0 Å². The second-order valence-electron chi connectivity index (χ2n) is 5.32. The van der Waals surface area contributed by atoms with E-state index in [0.29, 0.717) is 12.1 Å². The van der Waals surface area contributed by atoms with Crippen molar-refractivity contribution in [1.82, 2.24) is 15.2 Å². The molecule has 3 heterocycles. The van der Waals surface area contributed by atoms with Gasteiger partial charge in [0.15, 0.2) is 0 Å². The summed E-state index contributed by atoms with van der Waals surface area (Å²) in [5, 5.41) is 11.2. The van der Waals surface area contributed by atoms with E-state index in [1.807, 2.05) is 0 Å². The molecule has 0 aliphatic carbocycles. The van der Waals surface area contributed by atoms with Crippen molar-refractivity contribution in [3.8, 4) is 10.6 Å². The number of hydrogen-bond donors (Lipinski definition) is 1. The predicted octanol–water partition coefficient (Wildman–Crippen LogP) is 3.05. The zero-order chi connectivity index (χ0) is 13.2. The topological polar surface area (TPSA) is 28.2 Å². The summed E-state index contributed by atoms with van der Waals surface area (Å²) in [5.74, 6) is 0. The highest BCUT2D eigenvalue weighted by Gasteiger charge is 2.21. The smallest absolute Gasteiger partial charge is 0.124 e. The Bertz CT molecular complexity index is 511.